The van der Waals surface area contributed by atoms with E-state index < -0.39 is 57.0 Å². The van der Waals surface area contributed by atoms with Crippen LogP contribution in [0.5, 0.6) is 0 Å². The van der Waals surface area contributed by atoms with Gasteiger partial charge >= 0.3 is 12.4 Å². The van der Waals surface area contributed by atoms with Gasteiger partial charge in [-0.25, -0.2) is 0 Å². The van der Waals surface area contributed by atoms with E-state index in [0.29, 0.717) is 5.56 Å². The third-order valence-corrected chi connectivity index (χ3v) is 8.19. The van der Waals surface area contributed by atoms with Gasteiger partial charge < -0.3 is 0 Å². The maximum absolute atomic E-state index is 13.8. The van der Waals surface area contributed by atoms with E-state index in [1.807, 2.05) is 0 Å². The summed E-state index contributed by atoms with van der Waals surface area (Å²) in [5.74, 6) is 0. The largest absolute Gasteiger partial charge is 0.417 e. The van der Waals surface area contributed by atoms with E-state index in [1.54, 1.807) is 0 Å². The van der Waals surface area contributed by atoms with Gasteiger partial charge in [-0.2, -0.15) is 34.8 Å². The lowest BCUT2D eigenvalue weighted by Crippen LogP contribution is -2.32. The fraction of sp³-hybridized carbons (Fsp3) is 0.143. The Kier molecular flexibility index (Phi) is 6.43. The highest BCUT2D eigenvalue weighted by atomic mass is 32.2. The van der Waals surface area contributed by atoms with E-state index in [9.17, 15) is 39.3 Å². The molecular weight excluding hydrogens is 477 g/mol. The van der Waals surface area contributed by atoms with Gasteiger partial charge in [-0.15, -0.1) is 0 Å². The molecule has 0 aliphatic carbocycles. The lowest BCUT2D eigenvalue weighted by molar-refractivity contribution is -0.137. The van der Waals surface area contributed by atoms with E-state index in [4.69, 9.17) is 0 Å². The minimum absolute atomic E-state index is 0.337. The standard InChI is InChI=1S/C21H15F6O3PS/c1-13-10-11-19(32(28,29)30)18(12-13)31(16-8-4-2-6-14(16)20(22,23)24)17-9-5-3-7-15(17)21(25,26)27/h2-12H,1H3,(H,28,29,30). The van der Waals surface area contributed by atoms with Gasteiger partial charge in [0.1, 0.15) is 4.90 Å². The molecule has 0 bridgehead atoms. The molecule has 11 heteroatoms. The van der Waals surface area contributed by atoms with Gasteiger partial charge in [0.25, 0.3) is 10.1 Å². The number of alkyl halides is 6. The molecule has 32 heavy (non-hydrogen) atoms. The van der Waals surface area contributed by atoms with Crippen molar-refractivity contribution in [2.45, 2.75) is 24.2 Å². The Morgan fingerprint density at radius 2 is 1.16 bits per heavy atom. The van der Waals surface area contributed by atoms with Gasteiger partial charge in [0.05, 0.1) is 11.1 Å². The Bertz CT molecular complexity index is 1200. The van der Waals surface area contributed by atoms with E-state index in [1.165, 1.54) is 31.2 Å². The van der Waals surface area contributed by atoms with Crippen LogP contribution in [0.25, 0.3) is 0 Å². The molecule has 0 amide bonds. The first-order chi connectivity index (χ1) is 14.7. The van der Waals surface area contributed by atoms with Crippen LogP contribution in [-0.4, -0.2) is 13.0 Å². The van der Waals surface area contributed by atoms with Crippen molar-refractivity contribution >= 4 is 34.0 Å². The predicted octanol–water partition coefficient (Wildman–Crippen LogP) is 5.04. The quantitative estimate of drug-likeness (QED) is 0.316. The number of aryl methyl sites for hydroxylation is 1. The SMILES string of the molecule is Cc1ccc(S(=O)(=O)O)c(P(c2ccccc2C(F)(F)F)c2ccccc2C(F)(F)F)c1. The van der Waals surface area contributed by atoms with Crippen LogP contribution in [-0.2, 0) is 22.5 Å². The van der Waals surface area contributed by atoms with Crippen LogP contribution in [0.2, 0.25) is 0 Å². The Balaban J connectivity index is 2.51. The van der Waals surface area contributed by atoms with Crippen LogP contribution >= 0.6 is 7.92 Å². The van der Waals surface area contributed by atoms with E-state index >= 15 is 0 Å². The van der Waals surface area contributed by atoms with Gasteiger partial charge in [-0.1, -0.05) is 48.0 Å². The van der Waals surface area contributed by atoms with Crippen molar-refractivity contribution in [2.24, 2.45) is 0 Å². The summed E-state index contributed by atoms with van der Waals surface area (Å²) in [6, 6.07) is 11.6. The molecule has 0 radical (unpaired) electrons. The summed E-state index contributed by atoms with van der Waals surface area (Å²) in [7, 11) is -7.65. The zero-order valence-corrected chi connectivity index (χ0v) is 17.9. The van der Waals surface area contributed by atoms with Crippen molar-refractivity contribution in [1.29, 1.82) is 0 Å². The summed E-state index contributed by atoms with van der Waals surface area (Å²) < 4.78 is 117. The number of halogens is 6. The van der Waals surface area contributed by atoms with Gasteiger partial charge in [-0.3, -0.25) is 4.55 Å². The summed E-state index contributed by atoms with van der Waals surface area (Å²) in [5, 5.41) is -1.36. The van der Waals surface area contributed by atoms with Crippen molar-refractivity contribution in [1.82, 2.24) is 0 Å². The second kappa shape index (κ2) is 8.50. The molecular formula is C21H15F6O3PS. The monoisotopic (exact) mass is 492 g/mol. The topological polar surface area (TPSA) is 54.4 Å². The normalized spacial score (nSPS) is 12.9. The van der Waals surface area contributed by atoms with Crippen LogP contribution < -0.4 is 15.9 Å². The lowest BCUT2D eigenvalue weighted by atomic mass is 10.2. The minimum atomic E-state index is -4.95. The molecule has 0 atom stereocenters. The molecule has 0 unspecified atom stereocenters. The van der Waals surface area contributed by atoms with Crippen molar-refractivity contribution in [3.05, 3.63) is 83.4 Å². The molecule has 0 fully saturated rings. The summed E-state index contributed by atoms with van der Waals surface area (Å²) in [6.45, 7) is 1.51. The van der Waals surface area contributed by atoms with Crippen LogP contribution in [0, 0.1) is 6.92 Å². The second-order valence-corrected chi connectivity index (χ2v) is 10.3. The zero-order chi connectivity index (χ0) is 23.9. The predicted molar refractivity (Wildman–Crippen MR) is 110 cm³/mol. The molecule has 0 aliphatic heterocycles. The minimum Gasteiger partial charge on any atom is -0.282 e. The third kappa shape index (κ3) is 4.98. The first kappa shape index (κ1) is 24.2. The highest BCUT2D eigenvalue weighted by Gasteiger charge is 2.41. The number of rotatable bonds is 4. The van der Waals surface area contributed by atoms with E-state index in [0.717, 1.165) is 42.5 Å². The van der Waals surface area contributed by atoms with Gasteiger partial charge in [-0.05, 0) is 49.7 Å². The highest BCUT2D eigenvalue weighted by molar-refractivity contribution is 7.88. The summed E-state index contributed by atoms with van der Waals surface area (Å²) >= 11 is 0. The smallest absolute Gasteiger partial charge is 0.282 e. The summed E-state index contributed by atoms with van der Waals surface area (Å²) in [6.07, 6.45) is -9.82. The molecule has 3 nitrogen and oxygen atoms in total. The van der Waals surface area contributed by atoms with Gasteiger partial charge in [0, 0.05) is 5.30 Å². The van der Waals surface area contributed by atoms with Crippen molar-refractivity contribution < 1.29 is 39.3 Å². The van der Waals surface area contributed by atoms with Gasteiger partial charge in [0.15, 0.2) is 0 Å². The molecule has 3 aromatic carbocycles. The lowest BCUT2D eigenvalue weighted by Gasteiger charge is -2.27. The first-order valence-corrected chi connectivity index (χ1v) is 11.7. The number of benzene rings is 3. The first-order valence-electron chi connectivity index (χ1n) is 8.92. The molecule has 0 aromatic heterocycles. The Hall–Kier alpha value is -2.42. The average Bonchev–Trinajstić information content (AvgIpc) is 2.66. The zero-order valence-electron chi connectivity index (χ0n) is 16.2. The molecule has 0 aliphatic rings. The van der Waals surface area contributed by atoms with E-state index in [-0.39, 0.29) is 5.30 Å². The fourth-order valence-electron chi connectivity index (χ4n) is 3.23. The van der Waals surface area contributed by atoms with Crippen molar-refractivity contribution in [3.8, 4) is 0 Å². The molecule has 0 saturated carbocycles. The number of hydrogen-bond acceptors (Lipinski definition) is 2. The van der Waals surface area contributed by atoms with Gasteiger partial charge in [0.2, 0.25) is 0 Å². The molecule has 0 heterocycles. The maximum Gasteiger partial charge on any atom is 0.417 e. The summed E-state index contributed by atoms with van der Waals surface area (Å²) in [5.41, 5.74) is -1.98. The maximum atomic E-state index is 13.8. The highest BCUT2D eigenvalue weighted by Crippen LogP contribution is 2.44. The molecule has 0 saturated heterocycles. The molecule has 3 rings (SSSR count). The van der Waals surface area contributed by atoms with Crippen LogP contribution in [0.3, 0.4) is 0 Å². The second-order valence-electron chi connectivity index (χ2n) is 6.81. The Morgan fingerprint density at radius 3 is 1.56 bits per heavy atom. The summed E-state index contributed by atoms with van der Waals surface area (Å²) in [4.78, 5) is -0.747. The van der Waals surface area contributed by atoms with Crippen molar-refractivity contribution in [3.63, 3.8) is 0 Å². The fourth-order valence-corrected chi connectivity index (χ4v) is 7.17. The molecule has 0 spiro atoms. The van der Waals surface area contributed by atoms with E-state index in [2.05, 4.69) is 0 Å². The Labute approximate surface area is 181 Å². The van der Waals surface area contributed by atoms with Crippen LogP contribution in [0.4, 0.5) is 26.3 Å². The molecule has 3 aromatic rings. The Morgan fingerprint density at radius 1 is 0.719 bits per heavy atom. The average molecular weight is 492 g/mol. The number of hydrogen-bond donors (Lipinski definition) is 1. The third-order valence-electron chi connectivity index (χ3n) is 4.53. The molecule has 170 valence electrons. The van der Waals surface area contributed by atoms with Crippen LogP contribution in [0.1, 0.15) is 16.7 Å². The molecule has 1 N–H and O–H groups in total. The van der Waals surface area contributed by atoms with Crippen molar-refractivity contribution in [2.75, 3.05) is 0 Å². The van der Waals surface area contributed by atoms with Crippen LogP contribution in [0.15, 0.2) is 71.6 Å².